The number of aromatic nitrogens is 1. The molecule has 0 unspecified atom stereocenters. The lowest BCUT2D eigenvalue weighted by Crippen LogP contribution is -2.11. The molecule has 1 nitrogen and oxygen atoms in total. The number of hydrogen-bond acceptors (Lipinski definition) is 1. The van der Waals surface area contributed by atoms with E-state index in [0.29, 0.717) is 0 Å². The highest BCUT2D eigenvalue weighted by molar-refractivity contribution is 7.99. The first-order valence-electron chi connectivity index (χ1n) is 16.2. The topological polar surface area (TPSA) is 4.93 Å². The van der Waals surface area contributed by atoms with Crippen LogP contribution in [0.15, 0.2) is 180 Å². The third-order valence-electron chi connectivity index (χ3n) is 9.92. The van der Waals surface area contributed by atoms with Crippen molar-refractivity contribution in [2.45, 2.75) is 15.7 Å². The lowest BCUT2D eigenvalue weighted by Gasteiger charge is -2.31. The Morgan fingerprint density at radius 1 is 0.404 bits per heavy atom. The van der Waals surface area contributed by atoms with E-state index in [2.05, 4.69) is 174 Å². The van der Waals surface area contributed by atoms with Gasteiger partial charge in [0, 0.05) is 32.2 Å². The van der Waals surface area contributed by atoms with Crippen LogP contribution in [-0.4, -0.2) is 4.57 Å². The van der Waals surface area contributed by atoms with E-state index in [1.165, 1.54) is 86.6 Å². The molecule has 0 atom stereocenters. The van der Waals surface area contributed by atoms with E-state index < -0.39 is 0 Å². The zero-order valence-electron chi connectivity index (χ0n) is 25.6. The molecular weight excluding hydrogens is 587 g/mol. The quantitative estimate of drug-likeness (QED) is 0.191. The molecule has 9 aromatic rings. The van der Waals surface area contributed by atoms with Crippen LogP contribution in [0.5, 0.6) is 0 Å². The van der Waals surface area contributed by atoms with Gasteiger partial charge in [-0.1, -0.05) is 145 Å². The Morgan fingerprint density at radius 3 is 1.64 bits per heavy atom. The van der Waals surface area contributed by atoms with Crippen molar-refractivity contribution in [3.63, 3.8) is 0 Å². The molecule has 0 saturated carbocycles. The highest BCUT2D eigenvalue weighted by Crippen LogP contribution is 2.53. The van der Waals surface area contributed by atoms with Crippen molar-refractivity contribution in [3.8, 4) is 16.8 Å². The highest BCUT2D eigenvalue weighted by Gasteiger charge is 2.31. The molecule has 0 radical (unpaired) electrons. The maximum atomic E-state index is 2.40. The average molecular weight is 616 g/mol. The summed E-state index contributed by atoms with van der Waals surface area (Å²) in [5.74, 6) is 0.135. The SMILES string of the molecule is c1ccc(-n2c3ccccc3c3ccc(-c4ccc(C5c6c(ccc7ccccc67)Sc6ccc7ccccc7c65)cc4)cc32)cc1. The smallest absolute Gasteiger partial charge is 0.0547 e. The van der Waals surface area contributed by atoms with Crippen LogP contribution in [0.25, 0.3) is 60.2 Å². The summed E-state index contributed by atoms with van der Waals surface area (Å²) in [6.45, 7) is 0. The van der Waals surface area contributed by atoms with Crippen molar-refractivity contribution in [2.75, 3.05) is 0 Å². The second-order valence-electron chi connectivity index (χ2n) is 12.5. The number of benzene rings is 8. The standard InChI is InChI=1S/C45H29NS/c1-2-12-34(13-3-1)46-39-17-9-8-16-37(39)38-25-22-33(28-40(38)46)29-18-20-32(21-19-29)43-44-35-14-6-4-10-30(35)23-26-41(44)47-42-27-24-31-11-5-7-15-36(31)45(42)43/h1-28,43H. The van der Waals surface area contributed by atoms with Gasteiger partial charge in [0.15, 0.2) is 0 Å². The summed E-state index contributed by atoms with van der Waals surface area (Å²) in [6, 6.07) is 62.7. The second kappa shape index (κ2) is 10.5. The molecule has 8 aromatic carbocycles. The van der Waals surface area contributed by atoms with E-state index in [4.69, 9.17) is 0 Å². The van der Waals surface area contributed by atoms with Crippen molar-refractivity contribution in [1.29, 1.82) is 0 Å². The molecule has 0 aliphatic carbocycles. The first-order valence-corrected chi connectivity index (χ1v) is 17.0. The van der Waals surface area contributed by atoms with Gasteiger partial charge in [-0.2, -0.15) is 0 Å². The van der Waals surface area contributed by atoms with Crippen molar-refractivity contribution in [3.05, 3.63) is 187 Å². The zero-order chi connectivity index (χ0) is 30.9. The van der Waals surface area contributed by atoms with Crippen molar-refractivity contribution >= 4 is 55.1 Å². The fourth-order valence-corrected chi connectivity index (χ4v) is 8.98. The van der Waals surface area contributed by atoms with Crippen molar-refractivity contribution < 1.29 is 0 Å². The average Bonchev–Trinajstić information content (AvgIpc) is 3.48. The lowest BCUT2D eigenvalue weighted by molar-refractivity contribution is 0.926. The minimum Gasteiger partial charge on any atom is -0.309 e. The summed E-state index contributed by atoms with van der Waals surface area (Å²) in [7, 11) is 0. The Hall–Kier alpha value is -5.57. The van der Waals surface area contributed by atoms with Gasteiger partial charge in [-0.3, -0.25) is 0 Å². The molecule has 0 N–H and O–H groups in total. The van der Waals surface area contributed by atoms with Gasteiger partial charge >= 0.3 is 0 Å². The third kappa shape index (κ3) is 4.12. The molecule has 0 fully saturated rings. The molecule has 0 amide bonds. The lowest BCUT2D eigenvalue weighted by atomic mass is 9.80. The number of para-hydroxylation sites is 2. The van der Waals surface area contributed by atoms with Gasteiger partial charge in [-0.15, -0.1) is 0 Å². The molecule has 220 valence electrons. The normalized spacial score (nSPS) is 12.9. The maximum absolute atomic E-state index is 2.40. The molecule has 0 spiro atoms. The Balaban J connectivity index is 1.15. The molecule has 0 saturated heterocycles. The number of hydrogen-bond donors (Lipinski definition) is 0. The predicted molar refractivity (Wildman–Crippen MR) is 199 cm³/mol. The van der Waals surface area contributed by atoms with E-state index >= 15 is 0 Å². The van der Waals surface area contributed by atoms with Crippen LogP contribution in [0.4, 0.5) is 0 Å². The van der Waals surface area contributed by atoms with E-state index in [-0.39, 0.29) is 5.92 Å². The first kappa shape index (κ1) is 26.6. The summed E-state index contributed by atoms with van der Waals surface area (Å²) >= 11 is 1.91. The molecule has 2 heteroatoms. The summed E-state index contributed by atoms with van der Waals surface area (Å²) in [6.07, 6.45) is 0. The second-order valence-corrected chi connectivity index (χ2v) is 13.6. The summed E-state index contributed by atoms with van der Waals surface area (Å²) in [5, 5.41) is 7.81. The van der Waals surface area contributed by atoms with Gasteiger partial charge in [0.05, 0.1) is 11.0 Å². The Kier molecular flexibility index (Phi) is 5.94. The molecule has 1 aliphatic heterocycles. The highest BCUT2D eigenvalue weighted by atomic mass is 32.2. The third-order valence-corrected chi connectivity index (χ3v) is 11.1. The fraction of sp³-hybridized carbons (Fsp3) is 0.0222. The minimum atomic E-state index is 0.135. The van der Waals surface area contributed by atoms with Gasteiger partial charge in [0.1, 0.15) is 0 Å². The van der Waals surface area contributed by atoms with Gasteiger partial charge in [0.25, 0.3) is 0 Å². The summed E-state index contributed by atoms with van der Waals surface area (Å²) in [4.78, 5) is 2.69. The molecule has 0 bridgehead atoms. The number of fused-ring (bicyclic) bond motifs is 9. The van der Waals surface area contributed by atoms with E-state index in [1.54, 1.807) is 0 Å². The molecule has 2 heterocycles. The van der Waals surface area contributed by atoms with Crippen LogP contribution >= 0.6 is 11.8 Å². The van der Waals surface area contributed by atoms with Crippen LogP contribution in [0.2, 0.25) is 0 Å². The molecule has 1 aromatic heterocycles. The van der Waals surface area contributed by atoms with Crippen LogP contribution in [0.1, 0.15) is 22.6 Å². The molecule has 10 rings (SSSR count). The monoisotopic (exact) mass is 615 g/mol. The first-order chi connectivity index (χ1) is 23.3. The Labute approximate surface area is 277 Å². The van der Waals surface area contributed by atoms with Gasteiger partial charge in [-0.25, -0.2) is 0 Å². The van der Waals surface area contributed by atoms with Crippen LogP contribution < -0.4 is 0 Å². The number of rotatable bonds is 3. The molecular formula is C45H29NS. The zero-order valence-corrected chi connectivity index (χ0v) is 26.4. The van der Waals surface area contributed by atoms with E-state index in [1.807, 2.05) is 11.8 Å². The Bertz CT molecular complexity index is 2560. The molecule has 1 aliphatic rings. The van der Waals surface area contributed by atoms with E-state index in [0.717, 1.165) is 0 Å². The van der Waals surface area contributed by atoms with Crippen molar-refractivity contribution in [1.82, 2.24) is 4.57 Å². The fourth-order valence-electron chi connectivity index (χ4n) is 7.79. The van der Waals surface area contributed by atoms with Gasteiger partial charge in [-0.05, 0) is 85.8 Å². The maximum Gasteiger partial charge on any atom is 0.0547 e. The predicted octanol–water partition coefficient (Wildman–Crippen LogP) is 12.4. The van der Waals surface area contributed by atoms with Crippen LogP contribution in [0, 0.1) is 0 Å². The van der Waals surface area contributed by atoms with Gasteiger partial charge in [0.2, 0.25) is 0 Å². The van der Waals surface area contributed by atoms with E-state index in [9.17, 15) is 0 Å². The minimum absolute atomic E-state index is 0.135. The largest absolute Gasteiger partial charge is 0.309 e. The molecule has 47 heavy (non-hydrogen) atoms. The Morgan fingerprint density at radius 2 is 0.957 bits per heavy atom. The number of nitrogens with zero attached hydrogens (tertiary/aromatic N) is 1. The van der Waals surface area contributed by atoms with Crippen LogP contribution in [0.3, 0.4) is 0 Å². The summed E-state index contributed by atoms with van der Waals surface area (Å²) in [5.41, 5.74) is 10.2. The summed E-state index contributed by atoms with van der Waals surface area (Å²) < 4.78 is 2.40. The van der Waals surface area contributed by atoms with Crippen LogP contribution in [-0.2, 0) is 0 Å². The van der Waals surface area contributed by atoms with Crippen molar-refractivity contribution in [2.24, 2.45) is 0 Å². The van der Waals surface area contributed by atoms with Gasteiger partial charge < -0.3 is 4.57 Å².